The number of pyridine rings is 1. The molecule has 3 rings (SSSR count). The summed E-state index contributed by atoms with van der Waals surface area (Å²) in [5, 5.41) is 3.12. The molecule has 5 nitrogen and oxygen atoms in total. The van der Waals surface area contributed by atoms with E-state index in [9.17, 15) is 26.7 Å². The van der Waals surface area contributed by atoms with Gasteiger partial charge in [0, 0.05) is 29.3 Å². The lowest BCUT2D eigenvalue weighted by Crippen LogP contribution is -2.47. The van der Waals surface area contributed by atoms with Crippen molar-refractivity contribution >= 4 is 23.4 Å². The number of rotatable bonds is 5. The molecule has 0 spiro atoms. The maximum Gasteiger partial charge on any atom is 0.417 e. The fraction of sp³-hybridized carbons (Fsp3) is 0.429. The normalized spacial score (nSPS) is 25.6. The molecular weight excluding hydrogens is 455 g/mol. The topological polar surface area (TPSA) is 60.5 Å². The zero-order valence-electron chi connectivity index (χ0n) is 17.6. The largest absolute Gasteiger partial charge is 0.493 e. The number of nitrogens with zero attached hydrogens (tertiary/aromatic N) is 1. The van der Waals surface area contributed by atoms with Crippen LogP contribution in [0.2, 0.25) is 0 Å². The van der Waals surface area contributed by atoms with Crippen molar-refractivity contribution in [3.63, 3.8) is 0 Å². The molecule has 174 valence electrons. The summed E-state index contributed by atoms with van der Waals surface area (Å²) in [6.07, 6.45) is -3.26. The summed E-state index contributed by atoms with van der Waals surface area (Å²) in [4.78, 5) is 17.1. The summed E-state index contributed by atoms with van der Waals surface area (Å²) in [6, 6.07) is 4.93. The molecule has 2 aromatic rings. The van der Waals surface area contributed by atoms with E-state index in [1.165, 1.54) is 30.9 Å². The second-order valence-corrected chi connectivity index (χ2v) is 8.34. The Hall–Kier alpha value is -2.40. The number of carbonyl (C=O) groups is 1. The fourth-order valence-electron chi connectivity index (χ4n) is 3.85. The Kier molecular flexibility index (Phi) is 6.71. The van der Waals surface area contributed by atoms with Gasteiger partial charge in [-0.05, 0) is 31.4 Å². The van der Waals surface area contributed by atoms with Crippen LogP contribution in [0, 0.1) is 17.6 Å². The number of anilines is 1. The van der Waals surface area contributed by atoms with Crippen LogP contribution in [0.5, 0.6) is 5.75 Å². The van der Waals surface area contributed by atoms with Gasteiger partial charge in [0.15, 0.2) is 17.2 Å². The molecule has 1 aliphatic rings. The van der Waals surface area contributed by atoms with E-state index in [1.54, 1.807) is 12.3 Å². The monoisotopic (exact) mass is 476 g/mol. The zero-order chi connectivity index (χ0) is 23.8. The van der Waals surface area contributed by atoms with Gasteiger partial charge in [0.1, 0.15) is 6.10 Å². The van der Waals surface area contributed by atoms with Crippen molar-refractivity contribution in [2.24, 2.45) is 5.92 Å². The molecule has 0 radical (unpaired) electrons. The Morgan fingerprint density at radius 1 is 1.28 bits per heavy atom. The van der Waals surface area contributed by atoms with Crippen molar-refractivity contribution in [2.75, 3.05) is 18.7 Å². The van der Waals surface area contributed by atoms with Crippen molar-refractivity contribution in [1.29, 1.82) is 0 Å². The summed E-state index contributed by atoms with van der Waals surface area (Å²) in [6.45, 7) is 2.09. The van der Waals surface area contributed by atoms with Crippen molar-refractivity contribution in [3.05, 3.63) is 47.7 Å². The molecule has 32 heavy (non-hydrogen) atoms. The van der Waals surface area contributed by atoms with E-state index in [1.807, 2.05) is 0 Å². The van der Waals surface area contributed by atoms with E-state index < -0.39 is 53.0 Å². The predicted molar refractivity (Wildman–Crippen MR) is 109 cm³/mol. The third-order valence-corrected chi connectivity index (χ3v) is 6.42. The van der Waals surface area contributed by atoms with Crippen molar-refractivity contribution in [2.45, 2.75) is 42.7 Å². The van der Waals surface area contributed by atoms with Crippen LogP contribution in [0.4, 0.5) is 27.6 Å². The number of aromatic nitrogens is 1. The summed E-state index contributed by atoms with van der Waals surface area (Å²) in [5.41, 5.74) is -2.49. The SMILES string of the molecule is COc1c([C@@H]2[C@@H](C(=O)Nc3ccnc(SC)c3)O[C@](C)(C(F)(F)F)[C@@H]2C)ccc(F)c1F. The van der Waals surface area contributed by atoms with Crippen LogP contribution in [-0.4, -0.2) is 42.1 Å². The van der Waals surface area contributed by atoms with Gasteiger partial charge in [0.2, 0.25) is 5.82 Å². The highest BCUT2D eigenvalue weighted by atomic mass is 32.2. The molecule has 1 aromatic carbocycles. The first kappa shape index (κ1) is 24.2. The molecular formula is C21H21F5N2O3S. The van der Waals surface area contributed by atoms with Gasteiger partial charge < -0.3 is 14.8 Å². The lowest BCUT2D eigenvalue weighted by atomic mass is 9.77. The Bertz CT molecular complexity index is 1020. The summed E-state index contributed by atoms with van der Waals surface area (Å²) >= 11 is 1.31. The second-order valence-electron chi connectivity index (χ2n) is 7.52. The molecule has 0 saturated carbocycles. The molecule has 2 heterocycles. The number of ether oxygens (including phenoxy) is 2. The minimum Gasteiger partial charge on any atom is -0.493 e. The predicted octanol–water partition coefficient (Wildman–Crippen LogP) is 5.17. The van der Waals surface area contributed by atoms with E-state index in [0.717, 1.165) is 26.2 Å². The van der Waals surface area contributed by atoms with Gasteiger partial charge in [-0.3, -0.25) is 4.79 Å². The number of halogens is 5. The third-order valence-electron chi connectivity index (χ3n) is 5.78. The maximum absolute atomic E-state index is 14.4. The molecule has 0 aliphatic carbocycles. The summed E-state index contributed by atoms with van der Waals surface area (Å²) in [5.74, 6) is -6.60. The first-order valence-electron chi connectivity index (χ1n) is 9.52. The number of methoxy groups -OCH3 is 1. The number of alkyl halides is 3. The molecule has 0 unspecified atom stereocenters. The van der Waals surface area contributed by atoms with Crippen LogP contribution in [0.3, 0.4) is 0 Å². The summed E-state index contributed by atoms with van der Waals surface area (Å²) < 4.78 is 80.2. The molecule has 1 fully saturated rings. The molecule has 1 aromatic heterocycles. The van der Waals surface area contributed by atoms with Crippen molar-refractivity contribution in [1.82, 2.24) is 4.98 Å². The summed E-state index contributed by atoms with van der Waals surface area (Å²) in [7, 11) is 1.07. The molecule has 1 aliphatic heterocycles. The molecule has 1 saturated heterocycles. The van der Waals surface area contributed by atoms with E-state index in [-0.39, 0.29) is 5.56 Å². The van der Waals surface area contributed by atoms with Gasteiger partial charge >= 0.3 is 6.18 Å². The molecule has 11 heteroatoms. The van der Waals surface area contributed by atoms with E-state index in [0.29, 0.717) is 10.7 Å². The number of benzene rings is 1. The van der Waals surface area contributed by atoms with Crippen LogP contribution in [0.25, 0.3) is 0 Å². The van der Waals surface area contributed by atoms with Gasteiger partial charge in [-0.15, -0.1) is 11.8 Å². The maximum atomic E-state index is 14.4. The molecule has 1 amide bonds. The number of hydrogen-bond donors (Lipinski definition) is 1. The van der Waals surface area contributed by atoms with Gasteiger partial charge in [0.05, 0.1) is 12.1 Å². The Labute approximate surface area is 185 Å². The lowest BCUT2D eigenvalue weighted by Gasteiger charge is -2.32. The highest BCUT2D eigenvalue weighted by Gasteiger charge is 2.65. The quantitative estimate of drug-likeness (QED) is 0.477. The zero-order valence-corrected chi connectivity index (χ0v) is 18.4. The van der Waals surface area contributed by atoms with Crippen LogP contribution in [0.1, 0.15) is 25.3 Å². The van der Waals surface area contributed by atoms with Gasteiger partial charge in [0.25, 0.3) is 5.91 Å². The average Bonchev–Trinajstić information content (AvgIpc) is 3.02. The fourth-order valence-corrected chi connectivity index (χ4v) is 4.26. The van der Waals surface area contributed by atoms with Crippen LogP contribution in [0.15, 0.2) is 35.5 Å². The number of amides is 1. The molecule has 1 N–H and O–H groups in total. The number of carbonyl (C=O) groups excluding carboxylic acids is 1. The smallest absolute Gasteiger partial charge is 0.417 e. The standard InChI is InChI=1S/C21H21F5N2O3S/c1-10-15(12-5-6-13(22)16(23)17(12)30-3)18(31-20(10,2)21(24,25)26)19(29)28-11-7-8-27-14(9-11)32-4/h5-10,15,18H,1-4H3,(H,27,28,29)/t10-,15-,18+,20+/m1/s1. The minimum absolute atomic E-state index is 0.0912. The Morgan fingerprint density at radius 3 is 2.56 bits per heavy atom. The van der Waals surface area contributed by atoms with E-state index in [4.69, 9.17) is 9.47 Å². The highest BCUT2D eigenvalue weighted by molar-refractivity contribution is 7.98. The Balaban J connectivity index is 2.07. The van der Waals surface area contributed by atoms with E-state index >= 15 is 0 Å². The Morgan fingerprint density at radius 2 is 1.97 bits per heavy atom. The van der Waals surface area contributed by atoms with Crippen LogP contribution >= 0.6 is 11.8 Å². The van der Waals surface area contributed by atoms with Crippen molar-refractivity contribution < 1.29 is 36.2 Å². The number of nitrogens with one attached hydrogen (secondary N) is 1. The van der Waals surface area contributed by atoms with Gasteiger partial charge in [-0.2, -0.15) is 17.6 Å². The molecule has 4 atom stereocenters. The average molecular weight is 476 g/mol. The number of hydrogen-bond acceptors (Lipinski definition) is 5. The van der Waals surface area contributed by atoms with Crippen LogP contribution in [-0.2, 0) is 9.53 Å². The van der Waals surface area contributed by atoms with Gasteiger partial charge in [-0.1, -0.05) is 13.0 Å². The highest BCUT2D eigenvalue weighted by Crippen LogP contribution is 2.55. The van der Waals surface area contributed by atoms with Crippen LogP contribution < -0.4 is 10.1 Å². The van der Waals surface area contributed by atoms with E-state index in [2.05, 4.69) is 10.3 Å². The second kappa shape index (κ2) is 8.86. The molecule has 0 bridgehead atoms. The first-order chi connectivity index (χ1) is 14.9. The minimum atomic E-state index is -4.83. The van der Waals surface area contributed by atoms with Crippen molar-refractivity contribution in [3.8, 4) is 5.75 Å². The third kappa shape index (κ3) is 4.15. The van der Waals surface area contributed by atoms with Gasteiger partial charge in [-0.25, -0.2) is 9.37 Å². The number of thioether (sulfide) groups is 1. The first-order valence-corrected chi connectivity index (χ1v) is 10.7. The lowest BCUT2D eigenvalue weighted by molar-refractivity contribution is -0.272.